The van der Waals surface area contributed by atoms with Crippen molar-refractivity contribution >= 4 is 40.7 Å². The van der Waals surface area contributed by atoms with E-state index in [2.05, 4.69) is 11.4 Å². The lowest BCUT2D eigenvalue weighted by Gasteiger charge is -2.13. The minimum atomic E-state index is -0.236. The van der Waals surface area contributed by atoms with Gasteiger partial charge in [-0.25, -0.2) is 0 Å². The van der Waals surface area contributed by atoms with Gasteiger partial charge in [-0.1, -0.05) is 30.4 Å². The zero-order valence-corrected chi connectivity index (χ0v) is 21.6. The number of aryl methyl sites for hydroxylation is 1. The number of ether oxygens (including phenoxy) is 4. The van der Waals surface area contributed by atoms with E-state index in [9.17, 15) is 4.79 Å². The second-order valence-corrected chi connectivity index (χ2v) is 8.28. The molecule has 1 amide bonds. The molecule has 0 bridgehead atoms. The number of nitrogens with zero attached hydrogens (tertiary/aromatic N) is 1. The summed E-state index contributed by atoms with van der Waals surface area (Å²) >= 11 is 0. The first-order valence-corrected chi connectivity index (χ1v) is 11.7. The van der Waals surface area contributed by atoms with Gasteiger partial charge in [0.2, 0.25) is 11.7 Å². The Morgan fingerprint density at radius 2 is 1.54 bits per heavy atom. The van der Waals surface area contributed by atoms with Crippen molar-refractivity contribution in [2.24, 2.45) is 7.05 Å². The Kier molecular flexibility index (Phi) is 7.83. The number of aromatic nitrogens is 1. The third kappa shape index (κ3) is 5.62. The van der Waals surface area contributed by atoms with Gasteiger partial charge >= 0.3 is 0 Å². The molecule has 0 radical (unpaired) electrons. The molecule has 7 heteroatoms. The summed E-state index contributed by atoms with van der Waals surface area (Å²) in [5, 5.41) is 4.07. The maximum absolute atomic E-state index is 12.8. The smallest absolute Gasteiger partial charge is 0.248 e. The van der Waals surface area contributed by atoms with Crippen molar-refractivity contribution in [1.29, 1.82) is 0 Å². The van der Waals surface area contributed by atoms with Crippen molar-refractivity contribution in [3.05, 3.63) is 83.6 Å². The number of hydrogen-bond acceptors (Lipinski definition) is 5. The van der Waals surface area contributed by atoms with E-state index in [1.165, 1.54) is 0 Å². The first-order valence-electron chi connectivity index (χ1n) is 11.7. The third-order valence-corrected chi connectivity index (χ3v) is 6.00. The SMILES string of the molecule is COc1ccc(NC(=O)/C=C/c2cn(C)c3ccccc23)c(/C=C/c2cc(OC)c(OC)c(OC)c2)c1. The van der Waals surface area contributed by atoms with Crippen LogP contribution in [0.2, 0.25) is 0 Å². The van der Waals surface area contributed by atoms with Gasteiger partial charge in [0.15, 0.2) is 11.5 Å². The van der Waals surface area contributed by atoms with E-state index in [4.69, 9.17) is 18.9 Å². The third-order valence-electron chi connectivity index (χ3n) is 6.00. The van der Waals surface area contributed by atoms with Gasteiger partial charge in [-0.2, -0.15) is 0 Å². The number of nitrogens with one attached hydrogen (secondary N) is 1. The highest BCUT2D eigenvalue weighted by Crippen LogP contribution is 2.38. The summed E-state index contributed by atoms with van der Waals surface area (Å²) in [4.78, 5) is 12.8. The fourth-order valence-corrected chi connectivity index (χ4v) is 4.15. The van der Waals surface area contributed by atoms with Crippen molar-refractivity contribution < 1.29 is 23.7 Å². The van der Waals surface area contributed by atoms with Gasteiger partial charge in [-0.3, -0.25) is 4.79 Å². The molecule has 1 N–H and O–H groups in total. The highest BCUT2D eigenvalue weighted by Gasteiger charge is 2.12. The van der Waals surface area contributed by atoms with Crippen molar-refractivity contribution in [3.63, 3.8) is 0 Å². The van der Waals surface area contributed by atoms with Crippen molar-refractivity contribution in [1.82, 2.24) is 4.57 Å². The molecule has 0 atom stereocenters. The van der Waals surface area contributed by atoms with Crippen LogP contribution in [-0.2, 0) is 11.8 Å². The number of fused-ring (bicyclic) bond motifs is 1. The molecule has 1 heterocycles. The van der Waals surface area contributed by atoms with Gasteiger partial charge in [-0.15, -0.1) is 0 Å². The van der Waals surface area contributed by atoms with E-state index >= 15 is 0 Å². The highest BCUT2D eigenvalue weighted by molar-refractivity contribution is 6.04. The van der Waals surface area contributed by atoms with E-state index in [0.717, 1.165) is 27.6 Å². The van der Waals surface area contributed by atoms with Gasteiger partial charge in [-0.05, 0) is 48.0 Å². The summed E-state index contributed by atoms with van der Waals surface area (Å²) in [6.07, 6.45) is 9.17. The fourth-order valence-electron chi connectivity index (χ4n) is 4.15. The van der Waals surface area contributed by atoms with Crippen LogP contribution < -0.4 is 24.3 Å². The summed E-state index contributed by atoms with van der Waals surface area (Å²) in [5.41, 5.74) is 4.35. The summed E-state index contributed by atoms with van der Waals surface area (Å²) in [5.74, 6) is 2.07. The minimum absolute atomic E-state index is 0.236. The topological polar surface area (TPSA) is 71.0 Å². The maximum atomic E-state index is 12.8. The monoisotopic (exact) mass is 498 g/mol. The zero-order valence-electron chi connectivity index (χ0n) is 21.6. The number of carbonyl (C=O) groups is 1. The fraction of sp³-hybridized carbons (Fsp3) is 0.167. The Labute approximate surface area is 216 Å². The average Bonchev–Trinajstić information content (AvgIpc) is 3.25. The van der Waals surface area contributed by atoms with Crippen LogP contribution in [0.4, 0.5) is 5.69 Å². The summed E-state index contributed by atoms with van der Waals surface area (Å²) < 4.78 is 23.7. The van der Waals surface area contributed by atoms with Gasteiger partial charge in [0.25, 0.3) is 0 Å². The first kappa shape index (κ1) is 25.4. The summed E-state index contributed by atoms with van der Waals surface area (Å²) in [7, 11) is 8.31. The predicted octanol–water partition coefficient (Wildman–Crippen LogP) is 6.04. The molecule has 0 aliphatic carbocycles. The number of hydrogen-bond donors (Lipinski definition) is 1. The maximum Gasteiger partial charge on any atom is 0.248 e. The van der Waals surface area contributed by atoms with Crippen molar-refractivity contribution in [2.45, 2.75) is 0 Å². The van der Waals surface area contributed by atoms with Crippen molar-refractivity contribution in [2.75, 3.05) is 33.8 Å². The molecule has 0 saturated carbocycles. The summed E-state index contributed by atoms with van der Waals surface area (Å²) in [6, 6.07) is 17.3. The Hall–Kier alpha value is -4.65. The number of carbonyl (C=O) groups excluding carboxylic acids is 1. The highest BCUT2D eigenvalue weighted by atomic mass is 16.5. The molecule has 1 aromatic heterocycles. The predicted molar refractivity (Wildman–Crippen MR) is 149 cm³/mol. The lowest BCUT2D eigenvalue weighted by atomic mass is 10.1. The molecule has 0 saturated heterocycles. The number of para-hydroxylation sites is 1. The average molecular weight is 499 g/mol. The molecule has 190 valence electrons. The molecule has 0 unspecified atom stereocenters. The molecule has 37 heavy (non-hydrogen) atoms. The second-order valence-electron chi connectivity index (χ2n) is 8.28. The molecule has 3 aromatic carbocycles. The number of benzene rings is 3. The molecule has 0 aliphatic rings. The molecular weight excluding hydrogens is 468 g/mol. The van der Waals surface area contributed by atoms with E-state index in [1.54, 1.807) is 40.6 Å². The standard InChI is InChI=1S/C30H30N2O5/c1-32-19-22(24-8-6-7-9-26(24)32)12-15-29(33)31-25-14-13-23(34-2)18-21(25)11-10-20-16-27(35-3)30(37-5)28(17-20)36-4/h6-19H,1-5H3,(H,31,33)/b11-10+,15-12+. The molecule has 4 aromatic rings. The Bertz CT molecular complexity index is 1460. The molecular formula is C30H30N2O5. The van der Waals surface area contributed by atoms with Crippen LogP contribution in [0, 0.1) is 0 Å². The van der Waals surface area contributed by atoms with Crippen LogP contribution in [0.3, 0.4) is 0 Å². The van der Waals surface area contributed by atoms with E-state index in [1.807, 2.05) is 78.5 Å². The van der Waals surface area contributed by atoms with Crippen LogP contribution in [0.5, 0.6) is 23.0 Å². The zero-order chi connectivity index (χ0) is 26.4. The van der Waals surface area contributed by atoms with E-state index in [0.29, 0.717) is 28.7 Å². The van der Waals surface area contributed by atoms with Crippen LogP contribution in [-0.4, -0.2) is 38.9 Å². The van der Waals surface area contributed by atoms with Crippen LogP contribution in [0.15, 0.2) is 66.9 Å². The van der Waals surface area contributed by atoms with Gasteiger partial charge < -0.3 is 28.8 Å². The van der Waals surface area contributed by atoms with Crippen LogP contribution in [0.25, 0.3) is 29.1 Å². The van der Waals surface area contributed by atoms with Crippen LogP contribution in [0.1, 0.15) is 16.7 Å². The van der Waals surface area contributed by atoms with E-state index < -0.39 is 0 Å². The van der Waals surface area contributed by atoms with Gasteiger partial charge in [0, 0.05) is 47.0 Å². The largest absolute Gasteiger partial charge is 0.497 e. The molecule has 0 spiro atoms. The molecule has 7 nitrogen and oxygen atoms in total. The number of amides is 1. The second kappa shape index (κ2) is 11.4. The van der Waals surface area contributed by atoms with Crippen LogP contribution >= 0.6 is 0 Å². The van der Waals surface area contributed by atoms with Crippen molar-refractivity contribution in [3.8, 4) is 23.0 Å². The number of methoxy groups -OCH3 is 4. The minimum Gasteiger partial charge on any atom is -0.497 e. The Morgan fingerprint density at radius 3 is 2.22 bits per heavy atom. The molecule has 0 fully saturated rings. The number of anilines is 1. The van der Waals surface area contributed by atoms with E-state index in [-0.39, 0.29) is 5.91 Å². The summed E-state index contributed by atoms with van der Waals surface area (Å²) in [6.45, 7) is 0. The lowest BCUT2D eigenvalue weighted by molar-refractivity contribution is -0.111. The quantitative estimate of drug-likeness (QED) is 0.225. The number of rotatable bonds is 9. The van der Waals surface area contributed by atoms with Gasteiger partial charge in [0.05, 0.1) is 28.4 Å². The first-order chi connectivity index (χ1) is 18.0. The Balaban J connectivity index is 1.60. The van der Waals surface area contributed by atoms with Gasteiger partial charge in [0.1, 0.15) is 5.75 Å². The molecule has 4 rings (SSSR count). The Morgan fingerprint density at radius 1 is 0.811 bits per heavy atom. The lowest BCUT2D eigenvalue weighted by Crippen LogP contribution is -2.09. The normalized spacial score (nSPS) is 11.3. The molecule has 0 aliphatic heterocycles.